The largest absolute Gasteiger partial charge is 0.378 e. The molecule has 0 aromatic heterocycles. The molecule has 110 valence electrons. The summed E-state index contributed by atoms with van der Waals surface area (Å²) >= 11 is 9.60. The highest BCUT2D eigenvalue weighted by Gasteiger charge is 2.16. The maximum absolute atomic E-state index is 11.0. The second kappa shape index (κ2) is 6.45. The molecule has 2 aromatic rings. The summed E-state index contributed by atoms with van der Waals surface area (Å²) < 4.78 is 0.912. The minimum atomic E-state index is -0.377. The van der Waals surface area contributed by atoms with Gasteiger partial charge in [0.2, 0.25) is 0 Å². The molecular weight excluding hydrogens is 356 g/mol. The van der Waals surface area contributed by atoms with Crippen molar-refractivity contribution in [1.82, 2.24) is 0 Å². The van der Waals surface area contributed by atoms with Gasteiger partial charge in [0.05, 0.1) is 11.0 Å². The molecule has 0 radical (unpaired) electrons. The number of nitro benzene ring substituents is 1. The number of hydrogen-bond acceptors (Lipinski definition) is 3. The summed E-state index contributed by atoms with van der Waals surface area (Å²) in [5.41, 5.74) is 2.39. The average Bonchev–Trinajstić information content (AvgIpc) is 2.40. The van der Waals surface area contributed by atoms with Crippen molar-refractivity contribution in [3.8, 4) is 0 Å². The van der Waals surface area contributed by atoms with Crippen molar-refractivity contribution in [3.05, 3.63) is 67.1 Å². The number of nitro groups is 1. The number of hydrogen-bond donors (Lipinski definition) is 1. The van der Waals surface area contributed by atoms with Crippen LogP contribution in [-0.4, -0.2) is 4.92 Å². The zero-order valence-electron chi connectivity index (χ0n) is 11.6. The molecule has 0 bridgehead atoms. The first kappa shape index (κ1) is 15.8. The Morgan fingerprint density at radius 1 is 1.33 bits per heavy atom. The van der Waals surface area contributed by atoms with Gasteiger partial charge in [-0.15, -0.1) is 0 Å². The van der Waals surface area contributed by atoms with Gasteiger partial charge in [-0.1, -0.05) is 39.7 Å². The van der Waals surface area contributed by atoms with E-state index in [-0.39, 0.29) is 16.7 Å². The zero-order chi connectivity index (χ0) is 15.6. The highest BCUT2D eigenvalue weighted by atomic mass is 79.9. The Labute approximate surface area is 136 Å². The number of nitrogens with zero attached hydrogens (tertiary/aromatic N) is 1. The van der Waals surface area contributed by atoms with Gasteiger partial charge in [-0.25, -0.2) is 0 Å². The third kappa shape index (κ3) is 3.54. The van der Waals surface area contributed by atoms with Crippen LogP contribution in [0.15, 0.2) is 40.9 Å². The second-order valence-electron chi connectivity index (χ2n) is 4.74. The minimum absolute atomic E-state index is 0.0636. The Hall–Kier alpha value is -1.59. The lowest BCUT2D eigenvalue weighted by Gasteiger charge is -2.18. The molecule has 0 aliphatic rings. The van der Waals surface area contributed by atoms with Gasteiger partial charge in [0, 0.05) is 26.8 Å². The average molecular weight is 370 g/mol. The van der Waals surface area contributed by atoms with E-state index in [0.717, 1.165) is 15.7 Å². The molecule has 0 aliphatic carbocycles. The molecule has 1 atom stereocenters. The summed E-state index contributed by atoms with van der Waals surface area (Å²) in [4.78, 5) is 10.6. The van der Waals surface area contributed by atoms with E-state index in [1.807, 2.05) is 31.2 Å². The van der Waals surface area contributed by atoms with Crippen molar-refractivity contribution in [1.29, 1.82) is 0 Å². The molecule has 0 heterocycles. The van der Waals surface area contributed by atoms with Crippen molar-refractivity contribution in [2.45, 2.75) is 19.9 Å². The van der Waals surface area contributed by atoms with E-state index in [9.17, 15) is 10.1 Å². The Bertz CT molecular complexity index is 691. The smallest absolute Gasteiger partial charge is 0.274 e. The fraction of sp³-hybridized carbons (Fsp3) is 0.200. The molecule has 0 aliphatic heterocycles. The Morgan fingerprint density at radius 2 is 2.05 bits per heavy atom. The van der Waals surface area contributed by atoms with Crippen molar-refractivity contribution >= 4 is 38.9 Å². The van der Waals surface area contributed by atoms with Crippen LogP contribution in [-0.2, 0) is 0 Å². The molecule has 6 heteroatoms. The fourth-order valence-corrected chi connectivity index (χ4v) is 2.98. The van der Waals surface area contributed by atoms with Crippen LogP contribution in [0.4, 0.5) is 11.4 Å². The third-order valence-electron chi connectivity index (χ3n) is 3.30. The first-order chi connectivity index (χ1) is 9.90. The number of nitrogens with one attached hydrogen (secondary N) is 1. The van der Waals surface area contributed by atoms with Gasteiger partial charge in [-0.2, -0.15) is 0 Å². The van der Waals surface area contributed by atoms with Gasteiger partial charge >= 0.3 is 0 Å². The van der Waals surface area contributed by atoms with E-state index >= 15 is 0 Å². The van der Waals surface area contributed by atoms with Crippen LogP contribution < -0.4 is 5.32 Å². The first-order valence-electron chi connectivity index (χ1n) is 6.35. The second-order valence-corrected chi connectivity index (χ2v) is 6.06. The van der Waals surface area contributed by atoms with E-state index in [4.69, 9.17) is 11.6 Å². The lowest BCUT2D eigenvalue weighted by Crippen LogP contribution is -2.09. The van der Waals surface area contributed by atoms with E-state index in [0.29, 0.717) is 10.6 Å². The molecule has 0 fully saturated rings. The zero-order valence-corrected chi connectivity index (χ0v) is 13.9. The van der Waals surface area contributed by atoms with Crippen LogP contribution in [0.5, 0.6) is 0 Å². The van der Waals surface area contributed by atoms with Gasteiger partial charge in [-0.05, 0) is 37.6 Å². The summed E-state index contributed by atoms with van der Waals surface area (Å²) in [6.45, 7) is 3.70. The van der Waals surface area contributed by atoms with Gasteiger partial charge in [0.1, 0.15) is 0 Å². The van der Waals surface area contributed by atoms with Crippen molar-refractivity contribution in [2.24, 2.45) is 0 Å². The SMILES string of the molecule is Cc1c(NC(C)c2ccc(Br)cc2Cl)cccc1[N+](=O)[O-]. The number of halogens is 2. The van der Waals surface area contributed by atoms with Gasteiger partial charge < -0.3 is 5.32 Å². The van der Waals surface area contributed by atoms with Crippen molar-refractivity contribution in [3.63, 3.8) is 0 Å². The summed E-state index contributed by atoms with van der Waals surface area (Å²) in [6, 6.07) is 10.6. The van der Waals surface area contributed by atoms with Crippen LogP contribution >= 0.6 is 27.5 Å². The highest BCUT2D eigenvalue weighted by molar-refractivity contribution is 9.10. The number of rotatable bonds is 4. The lowest BCUT2D eigenvalue weighted by atomic mass is 10.1. The van der Waals surface area contributed by atoms with E-state index < -0.39 is 0 Å². The summed E-state index contributed by atoms with van der Waals surface area (Å²) in [7, 11) is 0. The lowest BCUT2D eigenvalue weighted by molar-refractivity contribution is -0.385. The quantitative estimate of drug-likeness (QED) is 0.572. The van der Waals surface area contributed by atoms with Crippen LogP contribution in [0, 0.1) is 17.0 Å². The molecule has 0 saturated heterocycles. The number of anilines is 1. The highest BCUT2D eigenvalue weighted by Crippen LogP contribution is 2.31. The predicted octanol–water partition coefficient (Wildman–Crippen LogP) is 5.49. The van der Waals surface area contributed by atoms with E-state index in [1.54, 1.807) is 13.0 Å². The molecule has 4 nitrogen and oxygen atoms in total. The van der Waals surface area contributed by atoms with Crippen molar-refractivity contribution in [2.75, 3.05) is 5.32 Å². The van der Waals surface area contributed by atoms with Crippen LogP contribution in [0.2, 0.25) is 5.02 Å². The van der Waals surface area contributed by atoms with Crippen LogP contribution in [0.1, 0.15) is 24.1 Å². The molecule has 1 N–H and O–H groups in total. The van der Waals surface area contributed by atoms with Gasteiger partial charge in [0.25, 0.3) is 5.69 Å². The Morgan fingerprint density at radius 3 is 2.67 bits per heavy atom. The molecular formula is C15H14BrClN2O2. The predicted molar refractivity (Wildman–Crippen MR) is 89.0 cm³/mol. The first-order valence-corrected chi connectivity index (χ1v) is 7.52. The molecule has 21 heavy (non-hydrogen) atoms. The molecule has 0 spiro atoms. The summed E-state index contributed by atoms with van der Waals surface area (Å²) in [5, 5.41) is 14.9. The standard InChI is InChI=1S/C15H14BrClN2O2/c1-9-14(4-3-5-15(9)19(20)21)18-10(2)12-7-6-11(16)8-13(12)17/h3-8,10,18H,1-2H3. The fourth-order valence-electron chi connectivity index (χ4n) is 2.14. The normalized spacial score (nSPS) is 12.0. The van der Waals surface area contributed by atoms with E-state index in [1.165, 1.54) is 6.07 Å². The monoisotopic (exact) mass is 368 g/mol. The van der Waals surface area contributed by atoms with Gasteiger partial charge in [-0.3, -0.25) is 10.1 Å². The van der Waals surface area contributed by atoms with Crippen LogP contribution in [0.25, 0.3) is 0 Å². The molecule has 2 aromatic carbocycles. The Kier molecular flexibility index (Phi) is 4.85. The topological polar surface area (TPSA) is 55.2 Å². The van der Waals surface area contributed by atoms with Crippen LogP contribution in [0.3, 0.4) is 0 Å². The molecule has 2 rings (SSSR count). The third-order valence-corrected chi connectivity index (χ3v) is 4.12. The minimum Gasteiger partial charge on any atom is -0.378 e. The maximum atomic E-state index is 11.0. The number of benzene rings is 2. The summed E-state index contributed by atoms with van der Waals surface area (Å²) in [5.74, 6) is 0. The summed E-state index contributed by atoms with van der Waals surface area (Å²) in [6.07, 6.45) is 0. The van der Waals surface area contributed by atoms with E-state index in [2.05, 4.69) is 21.2 Å². The van der Waals surface area contributed by atoms with Gasteiger partial charge in [0.15, 0.2) is 0 Å². The maximum Gasteiger partial charge on any atom is 0.274 e. The molecule has 0 amide bonds. The molecule has 1 unspecified atom stereocenters. The molecule has 0 saturated carbocycles. The Balaban J connectivity index is 2.29. The van der Waals surface area contributed by atoms with Crippen molar-refractivity contribution < 1.29 is 4.92 Å².